The van der Waals surface area contributed by atoms with Crippen LogP contribution in [0.2, 0.25) is 0 Å². The highest BCUT2D eigenvalue weighted by Gasteiger charge is 2.36. The number of hydrogen-bond donors (Lipinski definition) is 1. The summed E-state index contributed by atoms with van der Waals surface area (Å²) in [6.45, 7) is 7.92. The Morgan fingerprint density at radius 1 is 1.05 bits per heavy atom. The van der Waals surface area contributed by atoms with Gasteiger partial charge in [0.15, 0.2) is 0 Å². The van der Waals surface area contributed by atoms with E-state index in [9.17, 15) is 4.57 Å². The summed E-state index contributed by atoms with van der Waals surface area (Å²) in [6.07, 6.45) is 0. The maximum Gasteiger partial charge on any atom is 0.408 e. The van der Waals surface area contributed by atoms with Gasteiger partial charge in [0.2, 0.25) is 0 Å². The number of benzene rings is 1. The molecule has 1 N–H and O–H groups in total. The van der Waals surface area contributed by atoms with Crippen molar-refractivity contribution in [1.29, 1.82) is 0 Å². The van der Waals surface area contributed by atoms with Crippen molar-refractivity contribution in [3.63, 3.8) is 0 Å². The second kappa shape index (κ2) is 5.58. The van der Waals surface area contributed by atoms with Gasteiger partial charge in [0.05, 0.1) is 13.2 Å². The van der Waals surface area contributed by atoms with Crippen molar-refractivity contribution in [2.75, 3.05) is 26.2 Å². The molecule has 1 fully saturated rings. The Hall–Kier alpha value is -0.710. The standard InChI is InChI=1S/C14H21N2O3P/c1-11-7-13-9-18-20(17,16-5-3-15-4-6-16)19-10-14(13)8-12(11)2/h7-8,15H,3-6,9-10H2,1-2H3. The molecule has 3 rings (SSSR count). The summed E-state index contributed by atoms with van der Waals surface area (Å²) in [7, 11) is -3.15. The molecule has 0 bridgehead atoms. The molecule has 110 valence electrons. The molecule has 0 saturated carbocycles. The molecule has 6 heteroatoms. The summed E-state index contributed by atoms with van der Waals surface area (Å²) < 4.78 is 26.1. The molecule has 5 nitrogen and oxygen atoms in total. The van der Waals surface area contributed by atoms with Crippen LogP contribution < -0.4 is 5.32 Å². The first-order valence-electron chi connectivity index (χ1n) is 7.03. The fourth-order valence-corrected chi connectivity index (χ4v) is 4.30. The molecule has 2 aliphatic rings. The number of rotatable bonds is 1. The van der Waals surface area contributed by atoms with Gasteiger partial charge in [-0.1, -0.05) is 12.1 Å². The van der Waals surface area contributed by atoms with Gasteiger partial charge in [0.1, 0.15) is 0 Å². The first-order valence-corrected chi connectivity index (χ1v) is 8.52. The predicted octanol–water partition coefficient (Wildman–Crippen LogP) is 2.36. The third kappa shape index (κ3) is 2.69. The molecule has 0 unspecified atom stereocenters. The maximum absolute atomic E-state index is 12.9. The van der Waals surface area contributed by atoms with Crippen LogP contribution >= 0.6 is 7.75 Å². The van der Waals surface area contributed by atoms with E-state index in [0.29, 0.717) is 26.3 Å². The molecule has 1 aromatic rings. The largest absolute Gasteiger partial charge is 0.408 e. The SMILES string of the molecule is Cc1cc2c(cc1C)COP(=O)(N1CCNCC1)OC2. The van der Waals surface area contributed by atoms with E-state index in [1.165, 1.54) is 11.1 Å². The van der Waals surface area contributed by atoms with E-state index < -0.39 is 7.75 Å². The summed E-state index contributed by atoms with van der Waals surface area (Å²) in [4.78, 5) is 0. The Bertz CT molecular complexity index is 519. The highest BCUT2D eigenvalue weighted by molar-refractivity contribution is 7.51. The normalized spacial score (nSPS) is 23.1. The van der Waals surface area contributed by atoms with Crippen LogP contribution in [0.3, 0.4) is 0 Å². The van der Waals surface area contributed by atoms with Gasteiger partial charge in [0.25, 0.3) is 0 Å². The maximum atomic E-state index is 12.9. The summed E-state index contributed by atoms with van der Waals surface area (Å²) in [5.41, 5.74) is 4.62. The lowest BCUT2D eigenvalue weighted by Crippen LogP contribution is -2.42. The summed E-state index contributed by atoms with van der Waals surface area (Å²) in [5.74, 6) is 0. The second-order valence-electron chi connectivity index (χ2n) is 5.42. The van der Waals surface area contributed by atoms with Crippen LogP contribution in [0.1, 0.15) is 22.3 Å². The van der Waals surface area contributed by atoms with E-state index in [0.717, 1.165) is 24.2 Å². The van der Waals surface area contributed by atoms with Crippen molar-refractivity contribution in [3.05, 3.63) is 34.4 Å². The third-order valence-corrected chi connectivity index (χ3v) is 6.03. The lowest BCUT2D eigenvalue weighted by Gasteiger charge is -2.31. The van der Waals surface area contributed by atoms with Crippen molar-refractivity contribution < 1.29 is 13.6 Å². The van der Waals surface area contributed by atoms with E-state index in [1.807, 2.05) is 4.67 Å². The van der Waals surface area contributed by atoms with Gasteiger partial charge in [0, 0.05) is 26.2 Å². The Morgan fingerprint density at radius 2 is 1.55 bits per heavy atom. The minimum atomic E-state index is -3.15. The molecule has 0 atom stereocenters. The average Bonchev–Trinajstić information content (AvgIpc) is 2.62. The minimum Gasteiger partial charge on any atom is -0.314 e. The zero-order valence-corrected chi connectivity index (χ0v) is 12.9. The van der Waals surface area contributed by atoms with E-state index in [-0.39, 0.29) is 0 Å². The quantitative estimate of drug-likeness (QED) is 0.806. The molecule has 0 radical (unpaired) electrons. The second-order valence-corrected chi connectivity index (χ2v) is 7.44. The highest BCUT2D eigenvalue weighted by atomic mass is 31.2. The summed E-state index contributed by atoms with van der Waals surface area (Å²) in [6, 6.07) is 4.23. The van der Waals surface area contributed by atoms with Crippen molar-refractivity contribution in [1.82, 2.24) is 9.99 Å². The molecule has 0 aliphatic carbocycles. The summed E-state index contributed by atoms with van der Waals surface area (Å²) >= 11 is 0. The molecule has 0 aromatic heterocycles. The van der Waals surface area contributed by atoms with Crippen LogP contribution in [0.5, 0.6) is 0 Å². The van der Waals surface area contributed by atoms with Gasteiger partial charge in [-0.15, -0.1) is 0 Å². The smallest absolute Gasteiger partial charge is 0.314 e. The van der Waals surface area contributed by atoms with Gasteiger partial charge < -0.3 is 5.32 Å². The Labute approximate surface area is 119 Å². The topological polar surface area (TPSA) is 50.8 Å². The molecule has 2 aliphatic heterocycles. The zero-order valence-electron chi connectivity index (χ0n) is 12.0. The highest BCUT2D eigenvalue weighted by Crippen LogP contribution is 2.54. The first kappa shape index (κ1) is 14.2. The number of nitrogens with one attached hydrogen (secondary N) is 1. The van der Waals surface area contributed by atoms with E-state index in [1.54, 1.807) is 0 Å². The lowest BCUT2D eigenvalue weighted by molar-refractivity contribution is 0.150. The van der Waals surface area contributed by atoms with Crippen LogP contribution in [0.15, 0.2) is 12.1 Å². The van der Waals surface area contributed by atoms with Gasteiger partial charge >= 0.3 is 7.75 Å². The predicted molar refractivity (Wildman–Crippen MR) is 77.5 cm³/mol. The molecule has 1 saturated heterocycles. The molecule has 20 heavy (non-hydrogen) atoms. The van der Waals surface area contributed by atoms with Crippen LogP contribution in [-0.4, -0.2) is 30.8 Å². The van der Waals surface area contributed by atoms with E-state index in [4.69, 9.17) is 9.05 Å². The Morgan fingerprint density at radius 3 is 2.05 bits per heavy atom. The summed E-state index contributed by atoms with van der Waals surface area (Å²) in [5, 5.41) is 3.24. The van der Waals surface area contributed by atoms with Crippen molar-refractivity contribution >= 4 is 7.75 Å². The number of aryl methyl sites for hydroxylation is 2. The van der Waals surface area contributed by atoms with Crippen molar-refractivity contribution in [3.8, 4) is 0 Å². The minimum absolute atomic E-state index is 0.359. The fraction of sp³-hybridized carbons (Fsp3) is 0.571. The number of fused-ring (bicyclic) bond motifs is 1. The average molecular weight is 296 g/mol. The number of hydrogen-bond acceptors (Lipinski definition) is 4. The van der Waals surface area contributed by atoms with Crippen molar-refractivity contribution in [2.45, 2.75) is 27.1 Å². The van der Waals surface area contributed by atoms with E-state index in [2.05, 4.69) is 31.3 Å². The van der Waals surface area contributed by atoms with Crippen LogP contribution in [0.4, 0.5) is 0 Å². The number of nitrogens with zero attached hydrogens (tertiary/aromatic N) is 1. The molecule has 0 amide bonds. The zero-order chi connectivity index (χ0) is 14.2. The van der Waals surface area contributed by atoms with Gasteiger partial charge in [-0.25, -0.2) is 9.24 Å². The first-order chi connectivity index (χ1) is 9.58. The molecule has 0 spiro atoms. The van der Waals surface area contributed by atoms with Crippen LogP contribution in [0, 0.1) is 13.8 Å². The monoisotopic (exact) mass is 296 g/mol. The van der Waals surface area contributed by atoms with Gasteiger partial charge in [-0.3, -0.25) is 9.05 Å². The van der Waals surface area contributed by atoms with E-state index >= 15 is 0 Å². The Balaban J connectivity index is 1.83. The molecular weight excluding hydrogens is 275 g/mol. The van der Waals surface area contributed by atoms with Crippen molar-refractivity contribution in [2.24, 2.45) is 0 Å². The number of piperazine rings is 1. The lowest BCUT2D eigenvalue weighted by atomic mass is 10.0. The third-order valence-electron chi connectivity index (χ3n) is 4.02. The molecule has 2 heterocycles. The fourth-order valence-electron chi connectivity index (χ4n) is 2.61. The molecular formula is C14H21N2O3P. The van der Waals surface area contributed by atoms with Crippen LogP contribution in [0.25, 0.3) is 0 Å². The van der Waals surface area contributed by atoms with Gasteiger partial charge in [-0.05, 0) is 36.1 Å². The Kier molecular flexibility index (Phi) is 3.98. The molecule has 1 aromatic carbocycles. The van der Waals surface area contributed by atoms with Crippen LogP contribution in [-0.2, 0) is 26.8 Å². The van der Waals surface area contributed by atoms with Gasteiger partial charge in [-0.2, -0.15) is 0 Å².